The van der Waals surface area contributed by atoms with E-state index < -0.39 is 0 Å². The second kappa shape index (κ2) is 5.47. The van der Waals surface area contributed by atoms with Crippen molar-refractivity contribution in [1.82, 2.24) is 14.8 Å². The van der Waals surface area contributed by atoms with Crippen LogP contribution in [0.5, 0.6) is 0 Å². The summed E-state index contributed by atoms with van der Waals surface area (Å²) in [6.45, 7) is 7.16. The molecule has 2 saturated heterocycles. The molecule has 4 nitrogen and oxygen atoms in total. The molecule has 0 spiro atoms. The lowest BCUT2D eigenvalue weighted by Gasteiger charge is -2.42. The van der Waals surface area contributed by atoms with Gasteiger partial charge in [0.2, 0.25) is 0 Å². The second-order valence-corrected chi connectivity index (χ2v) is 5.87. The van der Waals surface area contributed by atoms with Crippen LogP contribution in [0.25, 0.3) is 0 Å². The van der Waals surface area contributed by atoms with Crippen molar-refractivity contribution in [2.45, 2.75) is 38.4 Å². The number of hydrogen-bond acceptors (Lipinski definition) is 4. The van der Waals surface area contributed by atoms with Gasteiger partial charge in [-0.25, -0.2) is 4.98 Å². The highest BCUT2D eigenvalue weighted by molar-refractivity contribution is 5.36. The van der Waals surface area contributed by atoms with Crippen LogP contribution in [-0.4, -0.2) is 53.5 Å². The smallest absolute Gasteiger partial charge is 0.125 e. The van der Waals surface area contributed by atoms with Crippen molar-refractivity contribution in [1.29, 1.82) is 0 Å². The van der Waals surface area contributed by atoms with Gasteiger partial charge in [-0.3, -0.25) is 9.80 Å². The molecule has 0 bridgehead atoms. The number of piperazine rings is 1. The second-order valence-electron chi connectivity index (χ2n) is 5.87. The molecule has 2 atom stereocenters. The van der Waals surface area contributed by atoms with E-state index in [1.807, 2.05) is 13.2 Å². The zero-order valence-electron chi connectivity index (χ0n) is 12.0. The van der Waals surface area contributed by atoms with Gasteiger partial charge in [-0.05, 0) is 44.0 Å². The molecule has 2 aliphatic heterocycles. The van der Waals surface area contributed by atoms with Gasteiger partial charge in [0.15, 0.2) is 0 Å². The third kappa shape index (κ3) is 2.74. The molecule has 1 aromatic rings. The van der Waals surface area contributed by atoms with Crippen molar-refractivity contribution in [3.8, 4) is 0 Å². The van der Waals surface area contributed by atoms with Crippen molar-refractivity contribution >= 4 is 5.82 Å². The first-order valence-electron chi connectivity index (χ1n) is 7.37. The summed E-state index contributed by atoms with van der Waals surface area (Å²) in [7, 11) is 1.92. The van der Waals surface area contributed by atoms with E-state index in [-0.39, 0.29) is 0 Å². The number of nitrogens with zero attached hydrogens (tertiary/aromatic N) is 3. The first kappa shape index (κ1) is 12.9. The van der Waals surface area contributed by atoms with E-state index >= 15 is 0 Å². The van der Waals surface area contributed by atoms with E-state index in [0.717, 1.165) is 18.4 Å². The average molecular weight is 260 g/mol. The Kier molecular flexibility index (Phi) is 3.71. The lowest BCUT2D eigenvalue weighted by molar-refractivity contribution is 0.0540. The maximum absolute atomic E-state index is 4.29. The highest BCUT2D eigenvalue weighted by Gasteiger charge is 2.34. The number of rotatable bonds is 3. The van der Waals surface area contributed by atoms with Gasteiger partial charge in [-0.15, -0.1) is 0 Å². The van der Waals surface area contributed by atoms with Gasteiger partial charge in [0.1, 0.15) is 5.82 Å². The standard InChI is InChI=1S/C15H24N4/c1-12-9-18-7-3-4-14(18)11-19(12)10-13-5-6-17-15(8-13)16-2/h5-6,8,12,14H,3-4,7,9-11H2,1-2H3,(H,16,17). The number of nitrogens with one attached hydrogen (secondary N) is 1. The summed E-state index contributed by atoms with van der Waals surface area (Å²) >= 11 is 0. The third-order valence-corrected chi connectivity index (χ3v) is 4.53. The molecule has 0 amide bonds. The van der Waals surface area contributed by atoms with E-state index in [4.69, 9.17) is 0 Å². The van der Waals surface area contributed by atoms with E-state index in [0.29, 0.717) is 6.04 Å². The van der Waals surface area contributed by atoms with Crippen LogP contribution in [0, 0.1) is 0 Å². The molecule has 0 saturated carbocycles. The van der Waals surface area contributed by atoms with E-state index in [1.54, 1.807) is 0 Å². The lowest BCUT2D eigenvalue weighted by atomic mass is 10.1. The molecule has 104 valence electrons. The van der Waals surface area contributed by atoms with Gasteiger partial charge < -0.3 is 5.32 Å². The van der Waals surface area contributed by atoms with Gasteiger partial charge in [0.05, 0.1) is 0 Å². The molecule has 0 aliphatic carbocycles. The lowest BCUT2D eigenvalue weighted by Crippen LogP contribution is -2.54. The molecule has 2 aliphatic rings. The van der Waals surface area contributed by atoms with Crippen LogP contribution in [0.4, 0.5) is 5.82 Å². The summed E-state index contributed by atoms with van der Waals surface area (Å²) < 4.78 is 0. The normalized spacial score (nSPS) is 28.3. The molecule has 2 unspecified atom stereocenters. The van der Waals surface area contributed by atoms with Gasteiger partial charge in [0.25, 0.3) is 0 Å². The van der Waals surface area contributed by atoms with Crippen LogP contribution in [0.3, 0.4) is 0 Å². The molecular weight excluding hydrogens is 236 g/mol. The Hall–Kier alpha value is -1.13. The fourth-order valence-electron chi connectivity index (χ4n) is 3.41. The predicted octanol–water partition coefficient (Wildman–Crippen LogP) is 1.79. The van der Waals surface area contributed by atoms with Crippen LogP contribution in [0.2, 0.25) is 0 Å². The van der Waals surface area contributed by atoms with E-state index in [2.05, 4.69) is 39.2 Å². The summed E-state index contributed by atoms with van der Waals surface area (Å²) in [5, 5.41) is 3.11. The van der Waals surface area contributed by atoms with E-state index in [9.17, 15) is 0 Å². The molecular formula is C15H24N4. The fourth-order valence-corrected chi connectivity index (χ4v) is 3.41. The Labute approximate surface area is 115 Å². The topological polar surface area (TPSA) is 31.4 Å². The number of aromatic nitrogens is 1. The summed E-state index contributed by atoms with van der Waals surface area (Å²) in [6, 6.07) is 5.74. The number of anilines is 1. The van der Waals surface area contributed by atoms with E-state index in [1.165, 1.54) is 38.0 Å². The molecule has 4 heteroatoms. The highest BCUT2D eigenvalue weighted by Crippen LogP contribution is 2.25. The molecule has 3 rings (SSSR count). The average Bonchev–Trinajstić information content (AvgIpc) is 2.86. The van der Waals surface area contributed by atoms with Crippen molar-refractivity contribution in [2.24, 2.45) is 0 Å². The van der Waals surface area contributed by atoms with Crippen molar-refractivity contribution < 1.29 is 0 Å². The summed E-state index contributed by atoms with van der Waals surface area (Å²) in [6.07, 6.45) is 4.66. The minimum absolute atomic E-state index is 0.653. The Balaban J connectivity index is 1.68. The number of pyridine rings is 1. The van der Waals surface area contributed by atoms with Gasteiger partial charge in [-0.1, -0.05) is 0 Å². The maximum Gasteiger partial charge on any atom is 0.125 e. The molecule has 1 aromatic heterocycles. The Bertz CT molecular complexity index is 434. The van der Waals surface area contributed by atoms with Crippen molar-refractivity contribution in [3.63, 3.8) is 0 Å². The van der Waals surface area contributed by atoms with Crippen molar-refractivity contribution in [3.05, 3.63) is 23.9 Å². The summed E-state index contributed by atoms with van der Waals surface area (Å²) in [5.74, 6) is 0.963. The van der Waals surface area contributed by atoms with Gasteiger partial charge in [0, 0.05) is 45.0 Å². The fraction of sp³-hybridized carbons (Fsp3) is 0.667. The number of fused-ring (bicyclic) bond motifs is 1. The zero-order valence-corrected chi connectivity index (χ0v) is 12.0. The SMILES string of the molecule is CNc1cc(CN2CC3CCCN3CC2C)ccn1. The number of hydrogen-bond donors (Lipinski definition) is 1. The third-order valence-electron chi connectivity index (χ3n) is 4.53. The first-order valence-corrected chi connectivity index (χ1v) is 7.37. The van der Waals surface area contributed by atoms with Crippen LogP contribution in [0.15, 0.2) is 18.3 Å². The molecule has 1 N–H and O–H groups in total. The summed E-state index contributed by atoms with van der Waals surface area (Å²) in [5.41, 5.74) is 1.36. The predicted molar refractivity (Wildman–Crippen MR) is 78.3 cm³/mol. The monoisotopic (exact) mass is 260 g/mol. The Morgan fingerprint density at radius 3 is 3.16 bits per heavy atom. The summed E-state index contributed by atoms with van der Waals surface area (Å²) in [4.78, 5) is 9.58. The van der Waals surface area contributed by atoms with Crippen LogP contribution in [-0.2, 0) is 6.54 Å². The highest BCUT2D eigenvalue weighted by atomic mass is 15.3. The minimum atomic E-state index is 0.653. The van der Waals surface area contributed by atoms with Crippen LogP contribution in [0.1, 0.15) is 25.3 Å². The van der Waals surface area contributed by atoms with Gasteiger partial charge >= 0.3 is 0 Å². The first-order chi connectivity index (χ1) is 9.26. The molecule has 19 heavy (non-hydrogen) atoms. The minimum Gasteiger partial charge on any atom is -0.373 e. The zero-order chi connectivity index (χ0) is 13.2. The van der Waals surface area contributed by atoms with Gasteiger partial charge in [-0.2, -0.15) is 0 Å². The molecule has 2 fully saturated rings. The largest absolute Gasteiger partial charge is 0.373 e. The molecule has 3 heterocycles. The Morgan fingerprint density at radius 2 is 2.32 bits per heavy atom. The Morgan fingerprint density at radius 1 is 1.42 bits per heavy atom. The maximum atomic E-state index is 4.29. The quantitative estimate of drug-likeness (QED) is 0.898. The molecule has 0 aromatic carbocycles. The van der Waals surface area contributed by atoms with Crippen LogP contribution >= 0.6 is 0 Å². The molecule has 0 radical (unpaired) electrons. The van der Waals surface area contributed by atoms with Crippen LogP contribution < -0.4 is 5.32 Å². The van der Waals surface area contributed by atoms with Crippen molar-refractivity contribution in [2.75, 3.05) is 32.0 Å².